The largest absolute Gasteiger partial charge is 0.480 e. The third-order valence-corrected chi connectivity index (χ3v) is 7.55. The standard InChI is InChI=1S/C23H30N4O5S/c1-17-4-10-20(11-5-17)33(31,32)27-13-12-26(16-22(28)29)15-21(27)23(30)24-14-18-6-8-19(9-7-18)25(2)3/h4-11,21H,12-16H2,1-3H3,(H,24,30)(H,28,29). The Balaban J connectivity index is 1.79. The Morgan fingerprint density at radius 1 is 1.06 bits per heavy atom. The number of carbonyl (C=O) groups is 2. The molecule has 9 nitrogen and oxygen atoms in total. The summed E-state index contributed by atoms with van der Waals surface area (Å²) in [5.41, 5.74) is 2.83. The van der Waals surface area contributed by atoms with E-state index in [4.69, 9.17) is 5.11 Å². The summed E-state index contributed by atoms with van der Waals surface area (Å²) in [5, 5.41) is 12.0. The Kier molecular flexibility index (Phi) is 7.72. The van der Waals surface area contributed by atoms with Crippen molar-refractivity contribution in [2.45, 2.75) is 24.4 Å². The van der Waals surface area contributed by atoms with Gasteiger partial charge < -0.3 is 15.3 Å². The van der Waals surface area contributed by atoms with Crippen molar-refractivity contribution in [3.8, 4) is 0 Å². The molecule has 3 rings (SSSR count). The molecule has 1 fully saturated rings. The van der Waals surface area contributed by atoms with Gasteiger partial charge in [-0.2, -0.15) is 4.31 Å². The van der Waals surface area contributed by atoms with Gasteiger partial charge in [0.05, 0.1) is 11.4 Å². The molecule has 2 aromatic carbocycles. The topological polar surface area (TPSA) is 110 Å². The van der Waals surface area contributed by atoms with Crippen molar-refractivity contribution in [2.24, 2.45) is 0 Å². The number of nitrogens with one attached hydrogen (secondary N) is 1. The van der Waals surface area contributed by atoms with Gasteiger partial charge in [0, 0.05) is 46.0 Å². The quantitative estimate of drug-likeness (QED) is 0.590. The summed E-state index contributed by atoms with van der Waals surface area (Å²) in [7, 11) is -0.0575. The lowest BCUT2D eigenvalue weighted by molar-refractivity contribution is -0.140. The lowest BCUT2D eigenvalue weighted by atomic mass is 10.1. The van der Waals surface area contributed by atoms with Crippen molar-refractivity contribution < 1.29 is 23.1 Å². The Morgan fingerprint density at radius 2 is 1.70 bits per heavy atom. The second-order valence-corrected chi connectivity index (χ2v) is 10.2. The third kappa shape index (κ3) is 6.10. The van der Waals surface area contributed by atoms with E-state index in [-0.39, 0.29) is 37.6 Å². The number of piperazine rings is 1. The third-order valence-electron chi connectivity index (χ3n) is 5.62. The number of carbonyl (C=O) groups excluding carboxylic acids is 1. The van der Waals surface area contributed by atoms with Crippen LogP contribution < -0.4 is 10.2 Å². The van der Waals surface area contributed by atoms with E-state index in [9.17, 15) is 18.0 Å². The summed E-state index contributed by atoms with van der Waals surface area (Å²) in [6, 6.07) is 13.1. The van der Waals surface area contributed by atoms with E-state index in [0.717, 1.165) is 16.8 Å². The Bertz CT molecular complexity index is 1080. The van der Waals surface area contributed by atoms with Crippen molar-refractivity contribution in [1.82, 2.24) is 14.5 Å². The minimum absolute atomic E-state index is 0.00277. The van der Waals surface area contributed by atoms with Crippen molar-refractivity contribution in [2.75, 3.05) is 45.2 Å². The number of anilines is 1. The second kappa shape index (κ2) is 10.3. The second-order valence-electron chi connectivity index (χ2n) is 8.35. The number of rotatable bonds is 8. The zero-order valence-electron chi connectivity index (χ0n) is 19.1. The predicted molar refractivity (Wildman–Crippen MR) is 126 cm³/mol. The van der Waals surface area contributed by atoms with Crippen LogP contribution in [0.5, 0.6) is 0 Å². The molecule has 1 atom stereocenters. The number of carboxylic acid groups (broad SMARTS) is 1. The molecule has 0 aromatic heterocycles. The van der Waals surface area contributed by atoms with Crippen LogP contribution in [-0.4, -0.2) is 80.9 Å². The van der Waals surface area contributed by atoms with Gasteiger partial charge in [-0.25, -0.2) is 8.42 Å². The van der Waals surface area contributed by atoms with Crippen LogP contribution in [-0.2, 0) is 26.2 Å². The highest BCUT2D eigenvalue weighted by Crippen LogP contribution is 2.22. The van der Waals surface area contributed by atoms with Gasteiger partial charge in [-0.05, 0) is 36.8 Å². The van der Waals surface area contributed by atoms with Crippen LogP contribution in [0.25, 0.3) is 0 Å². The summed E-state index contributed by atoms with van der Waals surface area (Å²) >= 11 is 0. The normalized spacial score (nSPS) is 17.5. The molecule has 0 bridgehead atoms. The number of aliphatic carboxylic acids is 1. The zero-order valence-corrected chi connectivity index (χ0v) is 19.9. The molecule has 1 aliphatic rings. The van der Waals surface area contributed by atoms with Crippen LogP contribution in [0.15, 0.2) is 53.4 Å². The smallest absolute Gasteiger partial charge is 0.317 e. The number of benzene rings is 2. The fourth-order valence-electron chi connectivity index (χ4n) is 3.72. The van der Waals surface area contributed by atoms with Gasteiger partial charge >= 0.3 is 5.97 Å². The highest BCUT2D eigenvalue weighted by molar-refractivity contribution is 7.89. The van der Waals surface area contributed by atoms with E-state index >= 15 is 0 Å². The molecule has 1 unspecified atom stereocenters. The maximum atomic E-state index is 13.3. The van der Waals surface area contributed by atoms with Crippen molar-refractivity contribution in [3.05, 3.63) is 59.7 Å². The first-order valence-electron chi connectivity index (χ1n) is 10.6. The fraction of sp³-hybridized carbons (Fsp3) is 0.391. The average Bonchev–Trinajstić information content (AvgIpc) is 2.77. The predicted octanol–water partition coefficient (Wildman–Crippen LogP) is 1.14. The molecule has 10 heteroatoms. The van der Waals surface area contributed by atoms with Gasteiger partial charge in [-0.1, -0.05) is 29.8 Å². The van der Waals surface area contributed by atoms with E-state index in [2.05, 4.69) is 5.32 Å². The first kappa shape index (κ1) is 24.7. The van der Waals surface area contributed by atoms with Gasteiger partial charge in [0.1, 0.15) is 6.04 Å². The molecule has 1 amide bonds. The van der Waals surface area contributed by atoms with E-state index in [1.807, 2.05) is 50.2 Å². The molecular weight excluding hydrogens is 444 g/mol. The number of amides is 1. The Labute approximate surface area is 194 Å². The number of sulfonamides is 1. The number of nitrogens with zero attached hydrogens (tertiary/aromatic N) is 3. The number of hydrogen-bond donors (Lipinski definition) is 2. The van der Waals surface area contributed by atoms with Crippen LogP contribution >= 0.6 is 0 Å². The maximum Gasteiger partial charge on any atom is 0.317 e. The molecule has 1 saturated heterocycles. The molecule has 1 heterocycles. The average molecular weight is 475 g/mol. The van der Waals surface area contributed by atoms with Gasteiger partial charge in [-0.15, -0.1) is 0 Å². The summed E-state index contributed by atoms with van der Waals surface area (Å²) in [6.07, 6.45) is 0. The highest BCUT2D eigenvalue weighted by atomic mass is 32.2. The van der Waals surface area contributed by atoms with E-state index in [0.29, 0.717) is 0 Å². The molecule has 0 aliphatic carbocycles. The summed E-state index contributed by atoms with van der Waals surface area (Å²) in [5.74, 6) is -1.48. The summed E-state index contributed by atoms with van der Waals surface area (Å²) in [4.78, 5) is 28.0. The minimum Gasteiger partial charge on any atom is -0.480 e. The molecule has 0 radical (unpaired) electrons. The first-order valence-corrected chi connectivity index (χ1v) is 12.1. The van der Waals surface area contributed by atoms with Gasteiger partial charge in [0.25, 0.3) is 0 Å². The van der Waals surface area contributed by atoms with Crippen LogP contribution in [0, 0.1) is 6.92 Å². The summed E-state index contributed by atoms with van der Waals surface area (Å²) in [6.45, 7) is 2.10. The van der Waals surface area contributed by atoms with Crippen molar-refractivity contribution in [3.63, 3.8) is 0 Å². The van der Waals surface area contributed by atoms with Gasteiger partial charge in [-0.3, -0.25) is 14.5 Å². The van der Waals surface area contributed by atoms with E-state index in [1.54, 1.807) is 17.0 Å². The van der Waals surface area contributed by atoms with Crippen LogP contribution in [0.2, 0.25) is 0 Å². The molecule has 2 N–H and O–H groups in total. The molecular formula is C23H30N4O5S. The molecule has 178 valence electrons. The van der Waals surface area contributed by atoms with Crippen LogP contribution in [0.1, 0.15) is 11.1 Å². The fourth-order valence-corrected chi connectivity index (χ4v) is 5.29. The number of carboxylic acids is 1. The maximum absolute atomic E-state index is 13.3. The first-order chi connectivity index (χ1) is 15.6. The minimum atomic E-state index is -3.93. The molecule has 33 heavy (non-hydrogen) atoms. The SMILES string of the molecule is Cc1ccc(S(=O)(=O)N2CCN(CC(=O)O)CC2C(=O)NCc2ccc(N(C)C)cc2)cc1. The highest BCUT2D eigenvalue weighted by Gasteiger charge is 2.40. The van der Waals surface area contributed by atoms with E-state index in [1.165, 1.54) is 16.4 Å². The Morgan fingerprint density at radius 3 is 2.27 bits per heavy atom. The monoisotopic (exact) mass is 474 g/mol. The van der Waals surface area contributed by atoms with Gasteiger partial charge in [0.15, 0.2) is 0 Å². The number of aryl methyl sites for hydroxylation is 1. The molecule has 0 saturated carbocycles. The van der Waals surface area contributed by atoms with E-state index < -0.39 is 27.9 Å². The number of hydrogen-bond acceptors (Lipinski definition) is 6. The lowest BCUT2D eigenvalue weighted by Crippen LogP contribution is -2.60. The van der Waals surface area contributed by atoms with Crippen molar-refractivity contribution in [1.29, 1.82) is 0 Å². The molecule has 1 aliphatic heterocycles. The molecule has 0 spiro atoms. The Hall–Kier alpha value is -2.95. The van der Waals surface area contributed by atoms with Gasteiger partial charge in [0.2, 0.25) is 15.9 Å². The van der Waals surface area contributed by atoms with Crippen LogP contribution in [0.4, 0.5) is 5.69 Å². The zero-order chi connectivity index (χ0) is 24.2. The molecule has 2 aromatic rings. The van der Waals surface area contributed by atoms with Crippen LogP contribution in [0.3, 0.4) is 0 Å². The summed E-state index contributed by atoms with van der Waals surface area (Å²) < 4.78 is 27.8. The lowest BCUT2D eigenvalue weighted by Gasteiger charge is -2.39. The van der Waals surface area contributed by atoms with Crippen molar-refractivity contribution >= 4 is 27.6 Å².